The average Bonchev–Trinajstić information content (AvgIpc) is 3.38. The molecule has 3 aromatic carbocycles. The molecule has 0 heterocycles. The van der Waals surface area contributed by atoms with Crippen LogP contribution in [-0.4, -0.2) is 5.78 Å². The summed E-state index contributed by atoms with van der Waals surface area (Å²) >= 11 is 0. The second-order valence-corrected chi connectivity index (χ2v) is 7.51. The number of benzene rings is 3. The Morgan fingerprint density at radius 1 is 0.656 bits per heavy atom. The number of fused-ring (bicyclic) bond motifs is 6. The second-order valence-electron chi connectivity index (χ2n) is 7.51. The summed E-state index contributed by atoms with van der Waals surface area (Å²) < 4.78 is 0. The molecular weight excluding hydrogens is 392 g/mol. The van der Waals surface area contributed by atoms with Gasteiger partial charge in [0.1, 0.15) is 17.7 Å². The van der Waals surface area contributed by atoms with Crippen molar-refractivity contribution in [3.8, 4) is 23.3 Å². The van der Waals surface area contributed by atoms with Gasteiger partial charge in [-0.25, -0.2) is 0 Å². The van der Waals surface area contributed by atoms with Crippen LogP contribution in [-0.2, 0) is 4.79 Å². The summed E-state index contributed by atoms with van der Waals surface area (Å²) in [6.45, 7) is 0. The van der Waals surface area contributed by atoms with E-state index in [1.807, 2.05) is 97.1 Å². The Balaban J connectivity index is 0.000000139. The molecule has 3 nitrogen and oxygen atoms in total. The Morgan fingerprint density at radius 3 is 1.78 bits per heavy atom. The van der Waals surface area contributed by atoms with Gasteiger partial charge < -0.3 is 0 Å². The highest BCUT2D eigenvalue weighted by Crippen LogP contribution is 2.45. The van der Waals surface area contributed by atoms with E-state index in [1.165, 1.54) is 5.56 Å². The lowest BCUT2D eigenvalue weighted by molar-refractivity contribution is -0.110. The predicted octanol–water partition coefficient (Wildman–Crippen LogP) is 6.12. The smallest absolute Gasteiger partial charge is 0.186 e. The zero-order chi connectivity index (χ0) is 22.1. The zero-order valence-electron chi connectivity index (χ0n) is 17.0. The number of nitrogens with zero attached hydrogens (tertiary/aromatic N) is 2. The third-order valence-corrected chi connectivity index (χ3v) is 5.77. The molecule has 0 saturated carbocycles. The molecule has 0 fully saturated rings. The van der Waals surface area contributed by atoms with Crippen LogP contribution in [0.2, 0.25) is 0 Å². The van der Waals surface area contributed by atoms with Crippen LogP contribution in [0.1, 0.15) is 22.3 Å². The van der Waals surface area contributed by atoms with Crippen LogP contribution in [0.15, 0.2) is 102 Å². The van der Waals surface area contributed by atoms with E-state index < -0.39 is 0 Å². The van der Waals surface area contributed by atoms with Crippen molar-refractivity contribution in [2.45, 2.75) is 0 Å². The number of carbonyl (C=O) groups excluding carboxylic acids is 1. The van der Waals surface area contributed by atoms with Gasteiger partial charge in [0.05, 0.1) is 0 Å². The number of ketones is 1. The van der Waals surface area contributed by atoms with Crippen molar-refractivity contribution in [2.24, 2.45) is 0 Å². The van der Waals surface area contributed by atoms with Gasteiger partial charge in [-0.3, -0.25) is 4.79 Å². The molecule has 0 bridgehead atoms. The van der Waals surface area contributed by atoms with Crippen LogP contribution >= 0.6 is 0 Å². The van der Waals surface area contributed by atoms with E-state index in [-0.39, 0.29) is 11.4 Å². The Kier molecular flexibility index (Phi) is 4.71. The van der Waals surface area contributed by atoms with E-state index in [1.54, 1.807) is 6.08 Å². The molecule has 0 radical (unpaired) electrons. The minimum Gasteiger partial charge on any atom is -0.289 e. The van der Waals surface area contributed by atoms with E-state index in [2.05, 4.69) is 6.07 Å². The summed E-state index contributed by atoms with van der Waals surface area (Å²) in [6, 6.07) is 27.8. The van der Waals surface area contributed by atoms with Gasteiger partial charge in [-0.2, -0.15) is 10.5 Å². The molecule has 0 spiro atoms. The Hall–Kier alpha value is -4.73. The molecule has 32 heavy (non-hydrogen) atoms. The summed E-state index contributed by atoms with van der Waals surface area (Å²) in [5.74, 6) is 0.110. The van der Waals surface area contributed by atoms with Crippen molar-refractivity contribution in [3.05, 3.63) is 124 Å². The second kappa shape index (κ2) is 7.84. The minimum absolute atomic E-state index is 0.110. The number of rotatable bonds is 0. The summed E-state index contributed by atoms with van der Waals surface area (Å²) in [5.41, 5.74) is 9.25. The molecule has 3 aromatic rings. The quantitative estimate of drug-likeness (QED) is 0.329. The maximum atomic E-state index is 11.5. The third kappa shape index (κ3) is 3.01. The molecule has 0 N–H and O–H groups in total. The van der Waals surface area contributed by atoms with Crippen LogP contribution in [0.4, 0.5) is 0 Å². The molecule has 3 heteroatoms. The Bertz CT molecular complexity index is 1440. The number of hydrogen-bond acceptors (Lipinski definition) is 3. The van der Waals surface area contributed by atoms with Gasteiger partial charge in [0.15, 0.2) is 5.78 Å². The first-order valence-electron chi connectivity index (χ1n) is 10.2. The van der Waals surface area contributed by atoms with Crippen molar-refractivity contribution in [2.75, 3.05) is 0 Å². The molecule has 6 rings (SSSR count). The number of hydrogen-bond donors (Lipinski definition) is 0. The normalized spacial score (nSPS) is 13.8. The van der Waals surface area contributed by atoms with Crippen LogP contribution in [0.3, 0.4) is 0 Å². The van der Waals surface area contributed by atoms with E-state index in [9.17, 15) is 4.79 Å². The topological polar surface area (TPSA) is 64.7 Å². The predicted molar refractivity (Wildman–Crippen MR) is 126 cm³/mol. The van der Waals surface area contributed by atoms with E-state index in [4.69, 9.17) is 10.5 Å². The first-order valence-corrected chi connectivity index (χ1v) is 10.2. The molecular formula is C29H16N2O. The van der Waals surface area contributed by atoms with Gasteiger partial charge in [0.2, 0.25) is 0 Å². The highest BCUT2D eigenvalue weighted by atomic mass is 16.1. The fraction of sp³-hybridized carbons (Fsp3) is 0. The molecule has 3 aliphatic rings. The van der Waals surface area contributed by atoms with Crippen molar-refractivity contribution >= 4 is 23.0 Å². The molecule has 0 aliphatic heterocycles. The fourth-order valence-electron chi connectivity index (χ4n) is 4.37. The van der Waals surface area contributed by atoms with Crippen molar-refractivity contribution < 1.29 is 4.79 Å². The zero-order valence-corrected chi connectivity index (χ0v) is 17.0. The van der Waals surface area contributed by atoms with Gasteiger partial charge in [0.25, 0.3) is 0 Å². The van der Waals surface area contributed by atoms with Crippen molar-refractivity contribution in [1.82, 2.24) is 0 Å². The lowest BCUT2D eigenvalue weighted by atomic mass is 9.96. The van der Waals surface area contributed by atoms with Crippen LogP contribution in [0, 0.1) is 22.7 Å². The SMILES string of the molecule is N#CC(C#N)=C1c2ccccc2-c2ccccc21.O=C1C=CC=C2C1=Cc1ccccc12. The van der Waals surface area contributed by atoms with Gasteiger partial charge in [0, 0.05) is 11.1 Å². The number of allylic oxidation sites excluding steroid dienone is 6. The fourth-order valence-corrected chi connectivity index (χ4v) is 4.37. The van der Waals surface area contributed by atoms with Crippen LogP contribution < -0.4 is 0 Å². The van der Waals surface area contributed by atoms with Crippen LogP contribution in [0.25, 0.3) is 28.3 Å². The first kappa shape index (κ1) is 19.2. The van der Waals surface area contributed by atoms with Gasteiger partial charge in [-0.05, 0) is 51.1 Å². The summed E-state index contributed by atoms with van der Waals surface area (Å²) in [4.78, 5) is 11.5. The lowest BCUT2D eigenvalue weighted by Crippen LogP contribution is -2.00. The lowest BCUT2D eigenvalue weighted by Gasteiger charge is -2.06. The molecule has 0 amide bonds. The minimum atomic E-state index is 0.110. The first-order chi connectivity index (χ1) is 15.7. The molecule has 3 aliphatic carbocycles. The highest BCUT2D eigenvalue weighted by Gasteiger charge is 2.25. The highest BCUT2D eigenvalue weighted by molar-refractivity contribution is 6.23. The van der Waals surface area contributed by atoms with Gasteiger partial charge in [-0.1, -0.05) is 84.9 Å². The summed E-state index contributed by atoms with van der Waals surface area (Å²) in [7, 11) is 0. The molecule has 0 saturated heterocycles. The summed E-state index contributed by atoms with van der Waals surface area (Å²) in [6.07, 6.45) is 7.39. The van der Waals surface area contributed by atoms with Gasteiger partial charge >= 0.3 is 0 Å². The van der Waals surface area contributed by atoms with Crippen molar-refractivity contribution in [1.29, 1.82) is 10.5 Å². The molecule has 148 valence electrons. The average molecular weight is 408 g/mol. The third-order valence-electron chi connectivity index (χ3n) is 5.77. The van der Waals surface area contributed by atoms with E-state index >= 15 is 0 Å². The largest absolute Gasteiger partial charge is 0.289 e. The summed E-state index contributed by atoms with van der Waals surface area (Å²) in [5, 5.41) is 18.2. The maximum absolute atomic E-state index is 11.5. The molecule has 0 atom stereocenters. The van der Waals surface area contributed by atoms with Crippen LogP contribution in [0.5, 0.6) is 0 Å². The monoisotopic (exact) mass is 408 g/mol. The van der Waals surface area contributed by atoms with Crippen molar-refractivity contribution in [3.63, 3.8) is 0 Å². The van der Waals surface area contributed by atoms with E-state index in [0.717, 1.165) is 44.5 Å². The number of carbonyl (C=O) groups is 1. The van der Waals surface area contributed by atoms with Gasteiger partial charge in [-0.15, -0.1) is 0 Å². The van der Waals surface area contributed by atoms with E-state index in [0.29, 0.717) is 0 Å². The standard InChI is InChI=1S/C16H8N2.C13H8O/c17-9-11(10-18)16-14-7-3-1-5-12(14)13-6-2-4-8-15(13)16;14-13-7-3-6-11-10-5-2-1-4-9(10)8-12(11)13/h1-8H;1-8H. The maximum Gasteiger partial charge on any atom is 0.186 e. The Labute approximate surface area is 186 Å². The number of nitriles is 2. The molecule has 0 unspecified atom stereocenters. The molecule has 0 aromatic heterocycles. The Morgan fingerprint density at radius 2 is 1.19 bits per heavy atom.